The number of nitrogens with two attached hydrogens (primary N) is 1. The third kappa shape index (κ3) is 5.75. The lowest BCUT2D eigenvalue weighted by Gasteiger charge is -2.28. The number of ether oxygens (including phenoxy) is 3. The highest BCUT2D eigenvalue weighted by atomic mass is 32.2. The number of carbonyl (C=O) groups excluding carboxylic acids is 2. The van der Waals surface area contributed by atoms with Crippen molar-refractivity contribution in [1.82, 2.24) is 0 Å². The smallest absolute Gasteiger partial charge is 0.342 e. The number of sulfonamides is 1. The van der Waals surface area contributed by atoms with E-state index in [1.807, 2.05) is 12.1 Å². The van der Waals surface area contributed by atoms with Crippen LogP contribution in [0.1, 0.15) is 17.3 Å². The number of anilines is 2. The highest BCUT2D eigenvalue weighted by Gasteiger charge is 2.23. The molecule has 1 heterocycles. The summed E-state index contributed by atoms with van der Waals surface area (Å²) in [5.41, 5.74) is 1.41. The summed E-state index contributed by atoms with van der Waals surface area (Å²) in [6.07, 6.45) is -1.15. The molecule has 32 heavy (non-hydrogen) atoms. The number of nitrogens with one attached hydrogen (secondary N) is 1. The van der Waals surface area contributed by atoms with Crippen molar-refractivity contribution in [1.29, 1.82) is 0 Å². The number of methoxy groups -OCH3 is 1. The molecular formula is C21H25N3O7S. The maximum atomic E-state index is 12.6. The Bertz CT molecular complexity index is 1080. The van der Waals surface area contributed by atoms with Crippen LogP contribution in [0.15, 0.2) is 47.4 Å². The molecule has 1 aliphatic rings. The average Bonchev–Trinajstić information content (AvgIpc) is 2.79. The fraction of sp³-hybridized carbons (Fsp3) is 0.333. The van der Waals surface area contributed by atoms with E-state index in [0.29, 0.717) is 18.9 Å². The minimum absolute atomic E-state index is 0.0914. The molecule has 0 bridgehead atoms. The predicted octanol–water partition coefficient (Wildman–Crippen LogP) is 1.36. The summed E-state index contributed by atoms with van der Waals surface area (Å²) in [6.45, 7) is 4.35. The Morgan fingerprint density at radius 1 is 1.12 bits per heavy atom. The number of rotatable bonds is 7. The van der Waals surface area contributed by atoms with E-state index in [4.69, 9.17) is 19.3 Å². The van der Waals surface area contributed by atoms with E-state index in [0.717, 1.165) is 24.8 Å². The van der Waals surface area contributed by atoms with Crippen LogP contribution in [0.4, 0.5) is 11.4 Å². The van der Waals surface area contributed by atoms with Gasteiger partial charge in [0, 0.05) is 24.5 Å². The first-order chi connectivity index (χ1) is 15.2. The maximum Gasteiger partial charge on any atom is 0.342 e. The van der Waals surface area contributed by atoms with Crippen LogP contribution in [-0.2, 0) is 24.3 Å². The number of primary sulfonamides is 1. The molecule has 172 valence electrons. The second-order valence-corrected chi connectivity index (χ2v) is 8.65. The molecule has 1 amide bonds. The average molecular weight is 464 g/mol. The van der Waals surface area contributed by atoms with Crippen molar-refractivity contribution in [2.24, 2.45) is 5.14 Å². The molecule has 3 rings (SSSR count). The van der Waals surface area contributed by atoms with Crippen molar-refractivity contribution in [2.75, 3.05) is 43.6 Å². The van der Waals surface area contributed by atoms with Gasteiger partial charge in [0.1, 0.15) is 11.3 Å². The zero-order chi connectivity index (χ0) is 23.3. The van der Waals surface area contributed by atoms with Crippen molar-refractivity contribution in [3.63, 3.8) is 0 Å². The predicted molar refractivity (Wildman–Crippen MR) is 117 cm³/mol. The molecule has 0 unspecified atom stereocenters. The molecule has 0 aliphatic carbocycles. The van der Waals surface area contributed by atoms with Crippen LogP contribution in [0.5, 0.6) is 5.75 Å². The Morgan fingerprint density at radius 3 is 2.38 bits per heavy atom. The molecule has 2 aromatic carbocycles. The van der Waals surface area contributed by atoms with E-state index in [2.05, 4.69) is 10.2 Å². The normalized spacial score (nSPS) is 15.0. The van der Waals surface area contributed by atoms with Crippen molar-refractivity contribution < 1.29 is 32.2 Å². The van der Waals surface area contributed by atoms with Crippen molar-refractivity contribution in [3.05, 3.63) is 48.0 Å². The molecule has 10 nitrogen and oxygen atoms in total. The van der Waals surface area contributed by atoms with Gasteiger partial charge in [-0.05, 0) is 49.4 Å². The van der Waals surface area contributed by atoms with Gasteiger partial charge in [0.05, 0.1) is 25.2 Å². The van der Waals surface area contributed by atoms with Gasteiger partial charge in [-0.3, -0.25) is 4.79 Å². The zero-order valence-corrected chi connectivity index (χ0v) is 18.6. The highest BCUT2D eigenvalue weighted by molar-refractivity contribution is 7.89. The minimum Gasteiger partial charge on any atom is -0.496 e. The van der Waals surface area contributed by atoms with Crippen LogP contribution in [0.3, 0.4) is 0 Å². The Hall–Kier alpha value is -3.15. The number of carbonyl (C=O) groups is 2. The van der Waals surface area contributed by atoms with Crippen LogP contribution in [0.2, 0.25) is 0 Å². The quantitative estimate of drug-likeness (QED) is 0.587. The van der Waals surface area contributed by atoms with Gasteiger partial charge in [-0.2, -0.15) is 0 Å². The summed E-state index contributed by atoms with van der Waals surface area (Å²) in [7, 11) is -2.72. The summed E-state index contributed by atoms with van der Waals surface area (Å²) in [5.74, 6) is -1.37. The van der Waals surface area contributed by atoms with E-state index in [1.54, 1.807) is 12.1 Å². The summed E-state index contributed by atoms with van der Waals surface area (Å²) in [6, 6.07) is 10.8. The summed E-state index contributed by atoms with van der Waals surface area (Å²) < 4.78 is 38.8. The summed E-state index contributed by atoms with van der Waals surface area (Å²) in [4.78, 5) is 26.9. The van der Waals surface area contributed by atoms with Crippen molar-refractivity contribution >= 4 is 33.3 Å². The number of benzene rings is 2. The van der Waals surface area contributed by atoms with E-state index in [-0.39, 0.29) is 16.2 Å². The molecule has 0 saturated carbocycles. The monoisotopic (exact) mass is 463 g/mol. The topological polar surface area (TPSA) is 137 Å². The molecule has 11 heteroatoms. The molecule has 1 aliphatic heterocycles. The van der Waals surface area contributed by atoms with Crippen molar-refractivity contribution in [2.45, 2.75) is 17.9 Å². The van der Waals surface area contributed by atoms with E-state index < -0.39 is 28.0 Å². The van der Waals surface area contributed by atoms with E-state index in [9.17, 15) is 18.0 Å². The number of amides is 1. The van der Waals surface area contributed by atoms with Crippen LogP contribution < -0.4 is 20.1 Å². The van der Waals surface area contributed by atoms with Gasteiger partial charge in [0.2, 0.25) is 10.0 Å². The minimum atomic E-state index is -4.03. The number of hydrogen-bond acceptors (Lipinski definition) is 8. The molecule has 0 radical (unpaired) electrons. The number of morpholine rings is 1. The SMILES string of the molecule is COc1ccc(S(N)(=O)=O)cc1C(=O)O[C@H](C)C(=O)Nc1ccc(N2CCOCC2)cc1. The molecule has 0 spiro atoms. The van der Waals surface area contributed by atoms with Crippen LogP contribution >= 0.6 is 0 Å². The van der Waals surface area contributed by atoms with Crippen LogP contribution in [0.25, 0.3) is 0 Å². The van der Waals surface area contributed by atoms with Gasteiger partial charge in [0.15, 0.2) is 6.10 Å². The highest BCUT2D eigenvalue weighted by Crippen LogP contribution is 2.24. The Labute approximate surface area is 186 Å². The Balaban J connectivity index is 1.64. The second-order valence-electron chi connectivity index (χ2n) is 7.09. The van der Waals surface area contributed by atoms with Gasteiger partial charge >= 0.3 is 5.97 Å². The van der Waals surface area contributed by atoms with Gasteiger partial charge in [0.25, 0.3) is 5.91 Å². The first-order valence-electron chi connectivity index (χ1n) is 9.84. The van der Waals surface area contributed by atoms with E-state index in [1.165, 1.54) is 26.2 Å². The first-order valence-corrected chi connectivity index (χ1v) is 11.4. The van der Waals surface area contributed by atoms with Gasteiger partial charge < -0.3 is 24.4 Å². The molecule has 2 aromatic rings. The van der Waals surface area contributed by atoms with Gasteiger partial charge in [-0.25, -0.2) is 18.4 Å². The fourth-order valence-corrected chi connectivity index (χ4v) is 3.66. The largest absolute Gasteiger partial charge is 0.496 e. The van der Waals surface area contributed by atoms with Gasteiger partial charge in [-0.1, -0.05) is 0 Å². The third-order valence-electron chi connectivity index (χ3n) is 4.88. The third-order valence-corrected chi connectivity index (χ3v) is 5.79. The fourth-order valence-electron chi connectivity index (χ4n) is 3.12. The molecule has 0 aromatic heterocycles. The van der Waals surface area contributed by atoms with Gasteiger partial charge in [-0.15, -0.1) is 0 Å². The van der Waals surface area contributed by atoms with E-state index >= 15 is 0 Å². The maximum absolute atomic E-state index is 12.6. The molecular weight excluding hydrogens is 438 g/mol. The first kappa shape index (κ1) is 23.5. The van der Waals surface area contributed by atoms with Crippen LogP contribution in [0, 0.1) is 0 Å². The standard InChI is InChI=1S/C21H25N3O7S/c1-14(31-21(26)18-13-17(32(22,27)28)7-8-19(18)29-2)20(25)23-15-3-5-16(6-4-15)24-9-11-30-12-10-24/h3-8,13-14H,9-12H2,1-2H3,(H,23,25)(H2,22,27,28)/t14-/m1/s1. The summed E-state index contributed by atoms with van der Waals surface area (Å²) >= 11 is 0. The molecule has 1 saturated heterocycles. The number of nitrogens with zero attached hydrogens (tertiary/aromatic N) is 1. The molecule has 1 fully saturated rings. The molecule has 1 atom stereocenters. The lowest BCUT2D eigenvalue weighted by atomic mass is 10.2. The second kappa shape index (κ2) is 9.98. The van der Waals surface area contributed by atoms with Crippen LogP contribution in [-0.4, -0.2) is 59.8 Å². The lowest BCUT2D eigenvalue weighted by Crippen LogP contribution is -2.36. The Morgan fingerprint density at radius 2 is 1.78 bits per heavy atom. The number of esters is 1. The zero-order valence-electron chi connectivity index (χ0n) is 17.7. The lowest BCUT2D eigenvalue weighted by molar-refractivity contribution is -0.123. The summed E-state index contributed by atoms with van der Waals surface area (Å²) in [5, 5.41) is 7.80. The number of hydrogen-bond donors (Lipinski definition) is 2. The van der Waals surface area contributed by atoms with Crippen molar-refractivity contribution in [3.8, 4) is 5.75 Å². The Kier molecular flexibility index (Phi) is 7.33. The molecule has 3 N–H and O–H groups in total.